The van der Waals surface area contributed by atoms with Gasteiger partial charge in [0.05, 0.1) is 5.69 Å². The van der Waals surface area contributed by atoms with Gasteiger partial charge >= 0.3 is 0 Å². The van der Waals surface area contributed by atoms with Crippen molar-refractivity contribution >= 4 is 75.2 Å². The normalized spacial score (nSPS) is 15.1. The van der Waals surface area contributed by atoms with Crippen molar-refractivity contribution in [2.75, 3.05) is 10.7 Å². The van der Waals surface area contributed by atoms with Crippen molar-refractivity contribution in [1.29, 1.82) is 0 Å². The molecule has 0 aliphatic carbocycles. The predicted molar refractivity (Wildman–Crippen MR) is 156 cm³/mol. The van der Waals surface area contributed by atoms with Crippen molar-refractivity contribution in [3.63, 3.8) is 0 Å². The van der Waals surface area contributed by atoms with Gasteiger partial charge < -0.3 is 4.57 Å². The van der Waals surface area contributed by atoms with Gasteiger partial charge in [0.25, 0.3) is 11.8 Å². The van der Waals surface area contributed by atoms with Crippen LogP contribution in [0.25, 0.3) is 17.0 Å². The van der Waals surface area contributed by atoms with Gasteiger partial charge in [-0.2, -0.15) is 0 Å². The van der Waals surface area contributed by atoms with Crippen molar-refractivity contribution in [3.8, 4) is 0 Å². The van der Waals surface area contributed by atoms with E-state index in [0.29, 0.717) is 5.69 Å². The minimum atomic E-state index is -0.495. The molecule has 4 aromatic rings. The molecule has 2 heterocycles. The van der Waals surface area contributed by atoms with E-state index >= 15 is 0 Å². The Labute approximate surface area is 230 Å². The number of nitrogens with zero attached hydrogens (tertiary/aromatic N) is 2. The first-order chi connectivity index (χ1) is 17.8. The quantitative estimate of drug-likeness (QED) is 0.129. The number of aryl methyl sites for hydroxylation is 3. The Hall–Kier alpha value is -3.39. The van der Waals surface area contributed by atoms with Crippen LogP contribution in [0.4, 0.5) is 5.69 Å². The van der Waals surface area contributed by atoms with Gasteiger partial charge in [0.2, 0.25) is 0 Å². The Bertz CT molecular complexity index is 1570. The number of hydrogen-bond acceptors (Lipinski definition) is 4. The van der Waals surface area contributed by atoms with E-state index in [-0.39, 0.29) is 10.7 Å². The molecule has 0 spiro atoms. The number of carbonyl (C=O) groups is 2. The Morgan fingerprint density at radius 2 is 1.76 bits per heavy atom. The topological polar surface area (TPSA) is 54.3 Å². The second-order valence-corrected chi connectivity index (χ2v) is 10.8. The van der Waals surface area contributed by atoms with E-state index in [4.69, 9.17) is 23.8 Å². The minimum Gasteiger partial charge on any atom is -0.346 e. The van der Waals surface area contributed by atoms with Crippen LogP contribution < -0.4 is 10.2 Å². The molecule has 5 nitrogen and oxygen atoms in total. The van der Waals surface area contributed by atoms with Crippen LogP contribution in [0.1, 0.15) is 16.7 Å². The van der Waals surface area contributed by atoms with E-state index in [9.17, 15) is 9.59 Å². The third-order valence-corrected chi connectivity index (χ3v) is 7.91. The molecule has 1 fully saturated rings. The zero-order valence-electron chi connectivity index (χ0n) is 20.3. The van der Waals surface area contributed by atoms with Gasteiger partial charge in [-0.05, 0) is 85.7 Å². The summed E-state index contributed by atoms with van der Waals surface area (Å²) in [7, 11) is 0. The van der Waals surface area contributed by atoms with E-state index < -0.39 is 11.8 Å². The SMILES string of the molecule is Cc1ccc(N2C(=O)/C(=C/c3cn(CCSc4ccc(Cl)cc4)c4ccccc34)C(=O)NC2=S)cc1C. The first-order valence-electron chi connectivity index (χ1n) is 11.8. The Morgan fingerprint density at radius 1 is 1.00 bits per heavy atom. The van der Waals surface area contributed by atoms with Crippen LogP contribution in [0, 0.1) is 13.8 Å². The number of amides is 2. The third-order valence-electron chi connectivity index (χ3n) is 6.38. The van der Waals surface area contributed by atoms with Crippen LogP contribution in [-0.2, 0) is 16.1 Å². The zero-order valence-corrected chi connectivity index (χ0v) is 22.7. The second-order valence-electron chi connectivity index (χ2n) is 8.82. The number of benzene rings is 3. The molecule has 0 saturated carbocycles. The highest BCUT2D eigenvalue weighted by molar-refractivity contribution is 7.99. The average molecular weight is 546 g/mol. The molecule has 0 bridgehead atoms. The minimum absolute atomic E-state index is 0.0465. The molecular formula is C29H24ClN3O2S2. The summed E-state index contributed by atoms with van der Waals surface area (Å²) in [6.45, 7) is 4.74. The lowest BCUT2D eigenvalue weighted by Gasteiger charge is -2.29. The van der Waals surface area contributed by atoms with E-state index in [1.165, 1.54) is 4.90 Å². The van der Waals surface area contributed by atoms with Gasteiger partial charge in [0.1, 0.15) is 5.57 Å². The molecule has 0 atom stereocenters. The van der Waals surface area contributed by atoms with Crippen molar-refractivity contribution in [2.24, 2.45) is 0 Å². The zero-order chi connectivity index (χ0) is 26.1. The van der Waals surface area contributed by atoms with Crippen molar-refractivity contribution in [3.05, 3.63) is 100 Å². The molecule has 1 N–H and O–H groups in total. The van der Waals surface area contributed by atoms with Gasteiger partial charge in [-0.3, -0.25) is 19.8 Å². The number of fused-ring (bicyclic) bond motifs is 1. The summed E-state index contributed by atoms with van der Waals surface area (Å²) in [5.74, 6) is -0.0813. The second kappa shape index (κ2) is 10.5. The predicted octanol–water partition coefficient (Wildman–Crippen LogP) is 6.54. The van der Waals surface area contributed by atoms with Crippen molar-refractivity contribution in [1.82, 2.24) is 9.88 Å². The molecule has 1 aliphatic heterocycles. The van der Waals surface area contributed by atoms with E-state index in [2.05, 4.69) is 9.88 Å². The van der Waals surface area contributed by atoms with Gasteiger partial charge in [-0.15, -0.1) is 11.8 Å². The van der Waals surface area contributed by atoms with Gasteiger partial charge in [-0.1, -0.05) is 35.9 Å². The largest absolute Gasteiger partial charge is 0.346 e. The van der Waals surface area contributed by atoms with Gasteiger partial charge in [0.15, 0.2) is 5.11 Å². The van der Waals surface area contributed by atoms with Crippen LogP contribution in [0.5, 0.6) is 0 Å². The maximum absolute atomic E-state index is 13.5. The molecule has 186 valence electrons. The number of thiocarbonyl (C=S) groups is 1. The molecule has 1 aliphatic rings. The molecule has 0 radical (unpaired) electrons. The number of aromatic nitrogens is 1. The number of thioether (sulfide) groups is 1. The van der Waals surface area contributed by atoms with Crippen molar-refractivity contribution < 1.29 is 9.59 Å². The Balaban J connectivity index is 1.45. The van der Waals surface area contributed by atoms with Gasteiger partial charge in [-0.25, -0.2) is 0 Å². The number of anilines is 1. The first-order valence-corrected chi connectivity index (χ1v) is 13.5. The number of rotatable bonds is 6. The summed E-state index contributed by atoms with van der Waals surface area (Å²) < 4.78 is 2.15. The third kappa shape index (κ3) is 5.21. The smallest absolute Gasteiger partial charge is 0.270 e. The van der Waals surface area contributed by atoms with Gasteiger partial charge in [0, 0.05) is 44.9 Å². The molecule has 2 amide bonds. The highest BCUT2D eigenvalue weighted by atomic mass is 35.5. The fourth-order valence-electron chi connectivity index (χ4n) is 4.28. The molecule has 5 rings (SSSR count). The summed E-state index contributed by atoms with van der Waals surface area (Å²) in [5.41, 5.74) is 4.67. The number of halogens is 1. The number of carbonyl (C=O) groups excluding carboxylic acids is 2. The highest BCUT2D eigenvalue weighted by Gasteiger charge is 2.34. The molecule has 1 saturated heterocycles. The van der Waals surface area contributed by atoms with Crippen molar-refractivity contribution in [2.45, 2.75) is 25.3 Å². The molecule has 0 unspecified atom stereocenters. The summed E-state index contributed by atoms with van der Waals surface area (Å²) in [6.07, 6.45) is 3.66. The first kappa shape index (κ1) is 25.3. The lowest BCUT2D eigenvalue weighted by molar-refractivity contribution is -0.122. The fourth-order valence-corrected chi connectivity index (χ4v) is 5.54. The summed E-state index contributed by atoms with van der Waals surface area (Å²) in [4.78, 5) is 28.9. The van der Waals surface area contributed by atoms with E-state index in [0.717, 1.165) is 49.8 Å². The summed E-state index contributed by atoms with van der Waals surface area (Å²) >= 11 is 13.1. The molecule has 37 heavy (non-hydrogen) atoms. The fraction of sp³-hybridized carbons (Fsp3) is 0.138. The average Bonchev–Trinajstić information content (AvgIpc) is 3.22. The van der Waals surface area contributed by atoms with Crippen LogP contribution in [-0.4, -0.2) is 27.2 Å². The van der Waals surface area contributed by atoms with Crippen LogP contribution >= 0.6 is 35.6 Å². The monoisotopic (exact) mass is 545 g/mol. The summed E-state index contributed by atoms with van der Waals surface area (Å²) in [5, 5.41) is 4.45. The molecule has 1 aromatic heterocycles. The molecular weight excluding hydrogens is 522 g/mol. The maximum atomic E-state index is 13.5. The number of hydrogen-bond donors (Lipinski definition) is 1. The Kier molecular flexibility index (Phi) is 7.20. The lowest BCUT2D eigenvalue weighted by atomic mass is 10.0. The maximum Gasteiger partial charge on any atom is 0.270 e. The van der Waals surface area contributed by atoms with Crippen LogP contribution in [0.15, 0.2) is 83.4 Å². The molecule has 8 heteroatoms. The summed E-state index contributed by atoms with van der Waals surface area (Å²) in [6, 6.07) is 21.5. The Morgan fingerprint density at radius 3 is 2.51 bits per heavy atom. The lowest BCUT2D eigenvalue weighted by Crippen LogP contribution is -2.54. The standard InChI is InChI=1S/C29H24ClN3O2S2/c1-18-7-10-22(15-19(18)2)33-28(35)25(27(34)31-29(33)36)16-20-17-32(26-6-4-3-5-24(20)26)13-14-37-23-11-8-21(30)9-12-23/h3-12,15-17H,13-14H2,1-2H3,(H,31,34,36)/b25-16+. The van der Waals surface area contributed by atoms with Crippen LogP contribution in [0.3, 0.4) is 0 Å². The van der Waals surface area contributed by atoms with Crippen LogP contribution in [0.2, 0.25) is 5.02 Å². The molecule has 3 aromatic carbocycles. The van der Waals surface area contributed by atoms with E-state index in [1.807, 2.05) is 86.8 Å². The number of nitrogens with one attached hydrogen (secondary N) is 1. The number of para-hydroxylation sites is 1. The van der Waals surface area contributed by atoms with E-state index in [1.54, 1.807) is 17.8 Å². The highest BCUT2D eigenvalue weighted by Crippen LogP contribution is 2.28.